The second kappa shape index (κ2) is 5.49. The molecule has 1 aliphatic rings. The highest BCUT2D eigenvalue weighted by Gasteiger charge is 2.22. The van der Waals surface area contributed by atoms with Gasteiger partial charge in [-0.2, -0.15) is 0 Å². The van der Waals surface area contributed by atoms with Crippen LogP contribution < -0.4 is 14.2 Å². The maximum absolute atomic E-state index is 5.55. The van der Waals surface area contributed by atoms with Crippen molar-refractivity contribution in [2.75, 3.05) is 21.3 Å². The molecule has 0 amide bonds. The SMILES string of the molecule is COc1cc(OC)c(C2C=CC=CO2)c(OC)c1. The Morgan fingerprint density at radius 3 is 2.06 bits per heavy atom. The number of hydrogen-bond donors (Lipinski definition) is 0. The molecule has 4 heteroatoms. The molecule has 1 aliphatic heterocycles. The Labute approximate surface area is 106 Å². The predicted octanol–water partition coefficient (Wildman–Crippen LogP) is 2.85. The lowest BCUT2D eigenvalue weighted by molar-refractivity contribution is 0.178. The molecule has 18 heavy (non-hydrogen) atoms. The smallest absolute Gasteiger partial charge is 0.149 e. The van der Waals surface area contributed by atoms with Gasteiger partial charge in [-0.3, -0.25) is 0 Å². The van der Waals surface area contributed by atoms with Gasteiger partial charge in [0.05, 0.1) is 33.2 Å². The summed E-state index contributed by atoms with van der Waals surface area (Å²) >= 11 is 0. The van der Waals surface area contributed by atoms with Crippen molar-refractivity contribution in [2.24, 2.45) is 0 Å². The van der Waals surface area contributed by atoms with Crippen molar-refractivity contribution in [3.05, 3.63) is 42.2 Å². The summed E-state index contributed by atoms with van der Waals surface area (Å²) in [5.41, 5.74) is 0.849. The summed E-state index contributed by atoms with van der Waals surface area (Å²) in [6.07, 6.45) is 7.13. The molecule has 0 saturated carbocycles. The fourth-order valence-corrected chi connectivity index (χ4v) is 1.86. The van der Waals surface area contributed by atoms with Crippen LogP contribution in [-0.2, 0) is 4.74 Å². The minimum Gasteiger partial charge on any atom is -0.496 e. The minimum absolute atomic E-state index is 0.217. The maximum atomic E-state index is 5.55. The van der Waals surface area contributed by atoms with Crippen molar-refractivity contribution in [1.29, 1.82) is 0 Å². The number of ether oxygens (including phenoxy) is 4. The highest BCUT2D eigenvalue weighted by molar-refractivity contribution is 5.53. The van der Waals surface area contributed by atoms with Gasteiger partial charge in [0.1, 0.15) is 23.4 Å². The first-order valence-electron chi connectivity index (χ1n) is 5.59. The van der Waals surface area contributed by atoms with Crippen LogP contribution in [0.1, 0.15) is 11.7 Å². The molecule has 1 aromatic carbocycles. The largest absolute Gasteiger partial charge is 0.496 e. The predicted molar refractivity (Wildman–Crippen MR) is 68.2 cm³/mol. The summed E-state index contributed by atoms with van der Waals surface area (Å²) in [6.45, 7) is 0. The molecule has 0 saturated heterocycles. The summed E-state index contributed by atoms with van der Waals surface area (Å²) in [6, 6.07) is 3.63. The number of allylic oxidation sites excluding steroid dienone is 2. The van der Waals surface area contributed by atoms with Crippen LogP contribution in [0, 0.1) is 0 Å². The van der Waals surface area contributed by atoms with Gasteiger partial charge in [-0.25, -0.2) is 0 Å². The number of rotatable bonds is 4. The number of hydrogen-bond acceptors (Lipinski definition) is 4. The van der Waals surface area contributed by atoms with Crippen LogP contribution in [0.2, 0.25) is 0 Å². The first kappa shape index (κ1) is 12.4. The molecule has 4 nitrogen and oxygen atoms in total. The molecule has 1 heterocycles. The zero-order valence-electron chi connectivity index (χ0n) is 10.7. The van der Waals surface area contributed by atoms with E-state index in [1.807, 2.05) is 30.4 Å². The molecule has 0 aliphatic carbocycles. The summed E-state index contributed by atoms with van der Waals surface area (Å²) in [4.78, 5) is 0. The van der Waals surface area contributed by atoms with Crippen molar-refractivity contribution in [1.82, 2.24) is 0 Å². The van der Waals surface area contributed by atoms with Gasteiger partial charge in [-0.1, -0.05) is 6.08 Å². The molecule has 1 atom stereocenters. The van der Waals surface area contributed by atoms with E-state index in [2.05, 4.69) is 0 Å². The monoisotopic (exact) mass is 248 g/mol. The Kier molecular flexibility index (Phi) is 3.77. The molecule has 96 valence electrons. The van der Waals surface area contributed by atoms with Gasteiger partial charge in [0.15, 0.2) is 0 Å². The average Bonchev–Trinajstić information content (AvgIpc) is 2.46. The molecular formula is C14H16O4. The minimum atomic E-state index is -0.217. The molecule has 0 spiro atoms. The molecule has 0 N–H and O–H groups in total. The van der Waals surface area contributed by atoms with Crippen LogP contribution in [0.3, 0.4) is 0 Å². The quantitative estimate of drug-likeness (QED) is 0.821. The van der Waals surface area contributed by atoms with E-state index >= 15 is 0 Å². The zero-order valence-corrected chi connectivity index (χ0v) is 10.7. The topological polar surface area (TPSA) is 36.9 Å². The van der Waals surface area contributed by atoms with E-state index in [-0.39, 0.29) is 6.10 Å². The summed E-state index contributed by atoms with van der Waals surface area (Å²) < 4.78 is 21.5. The van der Waals surface area contributed by atoms with E-state index in [1.54, 1.807) is 27.6 Å². The highest BCUT2D eigenvalue weighted by atomic mass is 16.5. The van der Waals surface area contributed by atoms with Crippen molar-refractivity contribution < 1.29 is 18.9 Å². The second-order valence-electron chi connectivity index (χ2n) is 3.72. The van der Waals surface area contributed by atoms with Gasteiger partial charge in [0.25, 0.3) is 0 Å². The van der Waals surface area contributed by atoms with Crippen LogP contribution in [0.15, 0.2) is 36.6 Å². The third-order valence-corrected chi connectivity index (χ3v) is 2.74. The van der Waals surface area contributed by atoms with E-state index in [0.29, 0.717) is 17.2 Å². The number of methoxy groups -OCH3 is 3. The summed E-state index contributed by atoms with van der Waals surface area (Å²) in [5, 5.41) is 0. The van der Waals surface area contributed by atoms with Crippen LogP contribution in [-0.4, -0.2) is 21.3 Å². The van der Waals surface area contributed by atoms with Crippen molar-refractivity contribution in [3.8, 4) is 17.2 Å². The van der Waals surface area contributed by atoms with Crippen LogP contribution in [0.4, 0.5) is 0 Å². The van der Waals surface area contributed by atoms with Crippen molar-refractivity contribution in [3.63, 3.8) is 0 Å². The fraction of sp³-hybridized carbons (Fsp3) is 0.286. The van der Waals surface area contributed by atoms with Gasteiger partial charge in [0.2, 0.25) is 0 Å². The van der Waals surface area contributed by atoms with E-state index in [0.717, 1.165) is 5.56 Å². The molecule has 0 fully saturated rings. The molecule has 1 aromatic rings. The second-order valence-corrected chi connectivity index (χ2v) is 3.72. The summed E-state index contributed by atoms with van der Waals surface area (Å²) in [7, 11) is 4.83. The fourth-order valence-electron chi connectivity index (χ4n) is 1.86. The molecular weight excluding hydrogens is 232 g/mol. The lowest BCUT2D eigenvalue weighted by Gasteiger charge is -2.21. The van der Waals surface area contributed by atoms with Crippen molar-refractivity contribution >= 4 is 0 Å². The van der Waals surface area contributed by atoms with Gasteiger partial charge >= 0.3 is 0 Å². The Hall–Kier alpha value is -2.10. The average molecular weight is 248 g/mol. The Bertz CT molecular complexity index is 452. The van der Waals surface area contributed by atoms with Gasteiger partial charge in [0, 0.05) is 12.1 Å². The molecule has 2 rings (SSSR count). The van der Waals surface area contributed by atoms with Gasteiger partial charge in [-0.15, -0.1) is 0 Å². The van der Waals surface area contributed by atoms with E-state index < -0.39 is 0 Å². The first-order valence-corrected chi connectivity index (χ1v) is 5.59. The van der Waals surface area contributed by atoms with Gasteiger partial charge in [-0.05, 0) is 12.2 Å². The lowest BCUT2D eigenvalue weighted by Crippen LogP contribution is -2.05. The Morgan fingerprint density at radius 2 is 1.61 bits per heavy atom. The lowest BCUT2D eigenvalue weighted by atomic mass is 10.0. The Morgan fingerprint density at radius 1 is 0.944 bits per heavy atom. The molecule has 1 unspecified atom stereocenters. The third-order valence-electron chi connectivity index (χ3n) is 2.74. The normalized spacial score (nSPS) is 17.2. The first-order chi connectivity index (χ1) is 8.80. The van der Waals surface area contributed by atoms with E-state index in [4.69, 9.17) is 18.9 Å². The van der Waals surface area contributed by atoms with Crippen LogP contribution in [0.5, 0.6) is 17.2 Å². The van der Waals surface area contributed by atoms with Crippen LogP contribution in [0.25, 0.3) is 0 Å². The summed E-state index contributed by atoms with van der Waals surface area (Å²) in [5.74, 6) is 2.04. The third kappa shape index (κ3) is 2.27. The van der Waals surface area contributed by atoms with Crippen LogP contribution >= 0.6 is 0 Å². The van der Waals surface area contributed by atoms with Crippen molar-refractivity contribution in [2.45, 2.75) is 6.10 Å². The Balaban J connectivity index is 2.49. The molecule has 0 radical (unpaired) electrons. The maximum Gasteiger partial charge on any atom is 0.149 e. The van der Waals surface area contributed by atoms with E-state index in [9.17, 15) is 0 Å². The van der Waals surface area contributed by atoms with Gasteiger partial charge < -0.3 is 18.9 Å². The molecule has 0 bridgehead atoms. The number of benzene rings is 1. The molecule has 0 aromatic heterocycles. The zero-order chi connectivity index (χ0) is 13.0. The standard InChI is InChI=1S/C14H16O4/c1-15-10-8-12(16-2)14(13(9-10)17-3)11-6-4-5-7-18-11/h4-9,11H,1-3H3. The highest BCUT2D eigenvalue weighted by Crippen LogP contribution is 2.40. The van der Waals surface area contributed by atoms with E-state index in [1.165, 1.54) is 0 Å².